The van der Waals surface area contributed by atoms with Crippen LogP contribution >= 0.6 is 11.3 Å². The van der Waals surface area contributed by atoms with Gasteiger partial charge in [-0.05, 0) is 20.8 Å². The maximum Gasteiger partial charge on any atom is 0.268 e. The van der Waals surface area contributed by atoms with E-state index in [-0.39, 0.29) is 18.0 Å². The molecule has 19 heavy (non-hydrogen) atoms. The monoisotopic (exact) mass is 284 g/mol. The Morgan fingerprint density at radius 2 is 2.37 bits per heavy atom. The quantitative estimate of drug-likeness (QED) is 0.877. The topological polar surface area (TPSA) is 80.5 Å². The number of carbonyl (C=O) groups excluding carboxylic acids is 1. The van der Waals surface area contributed by atoms with E-state index in [1.807, 2.05) is 20.8 Å². The van der Waals surface area contributed by atoms with Crippen molar-refractivity contribution in [3.63, 3.8) is 0 Å². The van der Waals surface area contributed by atoms with Crippen molar-refractivity contribution in [2.45, 2.75) is 32.9 Å². The van der Waals surface area contributed by atoms with Gasteiger partial charge in [-0.2, -0.15) is 0 Å². The predicted molar refractivity (Wildman–Crippen MR) is 76.6 cm³/mol. The van der Waals surface area contributed by atoms with Gasteiger partial charge in [-0.15, -0.1) is 0 Å². The minimum atomic E-state index is -0.0531. The number of amides is 1. The van der Waals surface area contributed by atoms with Gasteiger partial charge in [0.1, 0.15) is 10.7 Å². The van der Waals surface area contributed by atoms with Gasteiger partial charge in [0.15, 0.2) is 5.13 Å². The number of hydrogen-bond donors (Lipinski definition) is 2. The molecule has 0 aliphatic carbocycles. The van der Waals surface area contributed by atoms with Crippen LogP contribution in [0.4, 0.5) is 10.9 Å². The van der Waals surface area contributed by atoms with Crippen LogP contribution < -0.4 is 11.1 Å². The highest BCUT2D eigenvalue weighted by Gasteiger charge is 2.28. The average Bonchev–Trinajstić information content (AvgIpc) is 2.69. The third-order valence-electron chi connectivity index (χ3n) is 2.89. The summed E-state index contributed by atoms with van der Waals surface area (Å²) in [6, 6.07) is 0.333. The number of nitrogens with one attached hydrogen (secondary N) is 1. The van der Waals surface area contributed by atoms with Crippen LogP contribution in [0.3, 0.4) is 0 Å². The zero-order chi connectivity index (χ0) is 14.0. The molecule has 0 bridgehead atoms. The Bertz CT molecular complexity index is 461. The van der Waals surface area contributed by atoms with Gasteiger partial charge in [0.2, 0.25) is 0 Å². The number of hydrogen-bond acceptors (Lipinski definition) is 6. The Kier molecular flexibility index (Phi) is 4.26. The SMILES string of the molecule is CC(C)Nc1nc(N)c(C(=O)N2CCOCC2C)s1. The summed E-state index contributed by atoms with van der Waals surface area (Å²) in [5.41, 5.74) is 5.85. The van der Waals surface area contributed by atoms with E-state index in [9.17, 15) is 4.79 Å². The summed E-state index contributed by atoms with van der Waals surface area (Å²) in [6.45, 7) is 7.76. The van der Waals surface area contributed by atoms with E-state index < -0.39 is 0 Å². The molecule has 0 radical (unpaired) electrons. The summed E-state index contributed by atoms with van der Waals surface area (Å²) in [5.74, 6) is 0.249. The molecule has 1 saturated heterocycles. The molecule has 1 unspecified atom stereocenters. The number of morpholine rings is 1. The molecular formula is C12H20N4O2S. The third-order valence-corrected chi connectivity index (χ3v) is 3.88. The first kappa shape index (κ1) is 14.1. The number of anilines is 2. The lowest BCUT2D eigenvalue weighted by Gasteiger charge is -2.32. The highest BCUT2D eigenvalue weighted by atomic mass is 32.1. The van der Waals surface area contributed by atoms with E-state index in [0.29, 0.717) is 35.6 Å². The van der Waals surface area contributed by atoms with Crippen molar-refractivity contribution in [2.24, 2.45) is 0 Å². The number of nitrogens with zero attached hydrogens (tertiary/aromatic N) is 2. The van der Waals surface area contributed by atoms with Gasteiger partial charge in [0.25, 0.3) is 5.91 Å². The zero-order valence-electron chi connectivity index (χ0n) is 11.5. The van der Waals surface area contributed by atoms with Crippen molar-refractivity contribution in [1.29, 1.82) is 0 Å². The number of rotatable bonds is 3. The van der Waals surface area contributed by atoms with Crippen LogP contribution in [0.1, 0.15) is 30.4 Å². The summed E-state index contributed by atoms with van der Waals surface area (Å²) >= 11 is 1.31. The highest BCUT2D eigenvalue weighted by Crippen LogP contribution is 2.27. The molecule has 1 aromatic heterocycles. The van der Waals surface area contributed by atoms with Gasteiger partial charge < -0.3 is 20.7 Å². The summed E-state index contributed by atoms with van der Waals surface area (Å²) < 4.78 is 5.34. The second-order valence-corrected chi connectivity index (χ2v) is 5.95. The van der Waals surface area contributed by atoms with E-state index >= 15 is 0 Å². The first-order chi connectivity index (χ1) is 8.99. The predicted octanol–water partition coefficient (Wildman–Crippen LogP) is 1.41. The largest absolute Gasteiger partial charge is 0.382 e. The number of nitrogens with two attached hydrogens (primary N) is 1. The molecular weight excluding hydrogens is 264 g/mol. The minimum absolute atomic E-state index is 0.0531. The Balaban J connectivity index is 2.16. The number of carbonyl (C=O) groups is 1. The Morgan fingerprint density at radius 1 is 1.63 bits per heavy atom. The molecule has 0 spiro atoms. The molecule has 0 saturated carbocycles. The summed E-state index contributed by atoms with van der Waals surface area (Å²) in [5, 5.41) is 3.86. The normalized spacial score (nSPS) is 19.8. The van der Waals surface area contributed by atoms with Crippen LogP contribution in [0.15, 0.2) is 0 Å². The molecule has 2 heterocycles. The average molecular weight is 284 g/mol. The van der Waals surface area contributed by atoms with Crippen molar-refractivity contribution in [1.82, 2.24) is 9.88 Å². The van der Waals surface area contributed by atoms with E-state index in [4.69, 9.17) is 10.5 Å². The zero-order valence-corrected chi connectivity index (χ0v) is 12.3. The van der Waals surface area contributed by atoms with Crippen LogP contribution in [0, 0.1) is 0 Å². The van der Waals surface area contributed by atoms with Gasteiger partial charge in [-0.25, -0.2) is 4.98 Å². The van der Waals surface area contributed by atoms with Gasteiger partial charge in [-0.3, -0.25) is 4.79 Å². The van der Waals surface area contributed by atoms with Gasteiger partial charge >= 0.3 is 0 Å². The van der Waals surface area contributed by atoms with Gasteiger partial charge in [0.05, 0.1) is 19.3 Å². The Morgan fingerprint density at radius 3 is 3.00 bits per heavy atom. The molecule has 3 N–H and O–H groups in total. The number of thiazole rings is 1. The fourth-order valence-electron chi connectivity index (χ4n) is 1.95. The second kappa shape index (κ2) is 5.75. The molecule has 1 aromatic rings. The third kappa shape index (κ3) is 3.16. The molecule has 0 aromatic carbocycles. The lowest BCUT2D eigenvalue weighted by atomic mass is 10.2. The lowest BCUT2D eigenvalue weighted by Crippen LogP contribution is -2.47. The van der Waals surface area contributed by atoms with E-state index in [2.05, 4.69) is 10.3 Å². The molecule has 1 amide bonds. The number of nitrogen functional groups attached to an aromatic ring is 1. The molecule has 106 valence electrons. The van der Waals surface area contributed by atoms with Crippen LogP contribution in [0.2, 0.25) is 0 Å². The summed E-state index contributed by atoms with van der Waals surface area (Å²) in [6.07, 6.45) is 0. The van der Waals surface area contributed by atoms with Crippen molar-refractivity contribution < 1.29 is 9.53 Å². The Labute approximate surface area is 116 Å². The fourth-order valence-corrected chi connectivity index (χ4v) is 2.94. The smallest absolute Gasteiger partial charge is 0.268 e. The molecule has 1 aliphatic rings. The first-order valence-corrected chi connectivity index (χ1v) is 7.22. The number of ether oxygens (including phenoxy) is 1. The van der Waals surface area contributed by atoms with Crippen molar-refractivity contribution in [3.8, 4) is 0 Å². The molecule has 6 nitrogen and oxygen atoms in total. The van der Waals surface area contributed by atoms with Crippen molar-refractivity contribution >= 4 is 28.2 Å². The van der Waals surface area contributed by atoms with Crippen LogP contribution in [0.25, 0.3) is 0 Å². The highest BCUT2D eigenvalue weighted by molar-refractivity contribution is 7.18. The molecule has 2 rings (SSSR count). The molecule has 1 fully saturated rings. The standard InChI is InChI=1S/C12H20N4O2S/c1-7(2)14-12-15-10(13)9(19-12)11(17)16-4-5-18-6-8(16)3/h7-8H,4-6,13H2,1-3H3,(H,14,15). The minimum Gasteiger partial charge on any atom is -0.382 e. The van der Waals surface area contributed by atoms with Gasteiger partial charge in [0, 0.05) is 12.6 Å². The Hall–Kier alpha value is -1.34. The summed E-state index contributed by atoms with van der Waals surface area (Å²) in [4.78, 5) is 19.0. The fraction of sp³-hybridized carbons (Fsp3) is 0.667. The first-order valence-electron chi connectivity index (χ1n) is 6.40. The van der Waals surface area contributed by atoms with Crippen LogP contribution in [-0.4, -0.2) is 47.6 Å². The number of aromatic nitrogens is 1. The van der Waals surface area contributed by atoms with Gasteiger partial charge in [-0.1, -0.05) is 11.3 Å². The molecule has 1 aliphatic heterocycles. The van der Waals surface area contributed by atoms with Crippen LogP contribution in [0.5, 0.6) is 0 Å². The van der Waals surface area contributed by atoms with Crippen LogP contribution in [-0.2, 0) is 4.74 Å². The maximum atomic E-state index is 12.5. The molecule has 7 heteroatoms. The van der Waals surface area contributed by atoms with E-state index in [1.165, 1.54) is 11.3 Å². The molecule has 1 atom stereocenters. The van der Waals surface area contributed by atoms with Crippen molar-refractivity contribution in [3.05, 3.63) is 4.88 Å². The van der Waals surface area contributed by atoms with Crippen molar-refractivity contribution in [2.75, 3.05) is 30.8 Å². The van der Waals surface area contributed by atoms with E-state index in [0.717, 1.165) is 0 Å². The second-order valence-electron chi connectivity index (χ2n) is 4.95. The lowest BCUT2D eigenvalue weighted by molar-refractivity contribution is 0.00391. The maximum absolute atomic E-state index is 12.5. The summed E-state index contributed by atoms with van der Waals surface area (Å²) in [7, 11) is 0. The van der Waals surface area contributed by atoms with E-state index in [1.54, 1.807) is 4.90 Å².